The van der Waals surface area contributed by atoms with Crippen LogP contribution in [0.1, 0.15) is 30.9 Å². The third kappa shape index (κ3) is 5.37. The predicted octanol–water partition coefficient (Wildman–Crippen LogP) is 4.61. The summed E-state index contributed by atoms with van der Waals surface area (Å²) in [7, 11) is 0. The van der Waals surface area contributed by atoms with Crippen LogP contribution >= 0.6 is 15.9 Å². The van der Waals surface area contributed by atoms with E-state index in [9.17, 15) is 10.1 Å². The average Bonchev–Trinajstić information content (AvgIpc) is 3.50. The first-order valence-corrected chi connectivity index (χ1v) is 9.95. The zero-order valence-electron chi connectivity index (χ0n) is 15.6. The van der Waals surface area contributed by atoms with Crippen molar-refractivity contribution in [2.24, 2.45) is 0 Å². The molecule has 1 fully saturated rings. The van der Waals surface area contributed by atoms with Gasteiger partial charge in [-0.1, -0.05) is 30.3 Å². The van der Waals surface area contributed by atoms with Gasteiger partial charge in [0.15, 0.2) is 11.5 Å². The second-order valence-electron chi connectivity index (χ2n) is 6.45. The highest BCUT2D eigenvalue weighted by molar-refractivity contribution is 9.10. The fourth-order valence-electron chi connectivity index (χ4n) is 2.61. The monoisotopic (exact) mass is 440 g/mol. The maximum Gasteiger partial charge on any atom is 0.262 e. The molecule has 144 valence electrons. The molecule has 5 nitrogen and oxygen atoms in total. The third-order valence-electron chi connectivity index (χ3n) is 4.15. The molecule has 1 aliphatic rings. The Morgan fingerprint density at radius 3 is 2.68 bits per heavy atom. The second kappa shape index (κ2) is 9.43. The van der Waals surface area contributed by atoms with Gasteiger partial charge in [0.1, 0.15) is 18.2 Å². The number of carbonyl (C=O) groups is 1. The van der Waals surface area contributed by atoms with Crippen LogP contribution in [-0.4, -0.2) is 18.6 Å². The fourth-order valence-corrected chi connectivity index (χ4v) is 3.18. The smallest absolute Gasteiger partial charge is 0.262 e. The van der Waals surface area contributed by atoms with Crippen LogP contribution in [0.4, 0.5) is 0 Å². The molecule has 1 aliphatic carbocycles. The summed E-state index contributed by atoms with van der Waals surface area (Å²) >= 11 is 3.52. The van der Waals surface area contributed by atoms with E-state index in [0.29, 0.717) is 34.7 Å². The Kier molecular flexibility index (Phi) is 6.72. The molecule has 0 atom stereocenters. The lowest BCUT2D eigenvalue weighted by atomic mass is 10.1. The van der Waals surface area contributed by atoms with E-state index < -0.39 is 0 Å². The minimum absolute atomic E-state index is 0.0687. The van der Waals surface area contributed by atoms with E-state index in [1.165, 1.54) is 0 Å². The molecule has 6 heteroatoms. The van der Waals surface area contributed by atoms with Crippen molar-refractivity contribution >= 4 is 27.9 Å². The Balaban J connectivity index is 1.83. The van der Waals surface area contributed by atoms with Crippen molar-refractivity contribution < 1.29 is 14.3 Å². The van der Waals surface area contributed by atoms with Gasteiger partial charge in [-0.2, -0.15) is 5.26 Å². The zero-order valence-corrected chi connectivity index (χ0v) is 17.2. The molecular formula is C22H21BrN2O3. The fraction of sp³-hybridized carbons (Fsp3) is 0.273. The van der Waals surface area contributed by atoms with Crippen LogP contribution in [0.3, 0.4) is 0 Å². The normalized spacial score (nSPS) is 13.5. The molecule has 0 spiro atoms. The number of halogens is 1. The van der Waals surface area contributed by atoms with Crippen molar-refractivity contribution in [2.45, 2.75) is 32.4 Å². The molecule has 2 aromatic carbocycles. The van der Waals surface area contributed by atoms with Crippen molar-refractivity contribution in [1.82, 2.24) is 5.32 Å². The van der Waals surface area contributed by atoms with Crippen LogP contribution in [0.15, 0.2) is 52.5 Å². The van der Waals surface area contributed by atoms with Crippen LogP contribution < -0.4 is 14.8 Å². The lowest BCUT2D eigenvalue weighted by molar-refractivity contribution is -0.117. The molecule has 0 aromatic heterocycles. The summed E-state index contributed by atoms with van der Waals surface area (Å²) in [6.07, 6.45) is 3.50. The summed E-state index contributed by atoms with van der Waals surface area (Å²) in [4.78, 5) is 12.2. The summed E-state index contributed by atoms with van der Waals surface area (Å²) in [6.45, 7) is 2.76. The molecule has 2 aromatic rings. The van der Waals surface area contributed by atoms with Crippen LogP contribution in [0, 0.1) is 11.3 Å². The quantitative estimate of drug-likeness (QED) is 0.480. The van der Waals surface area contributed by atoms with Crippen molar-refractivity contribution in [1.29, 1.82) is 5.26 Å². The molecule has 3 rings (SSSR count). The van der Waals surface area contributed by atoms with Crippen molar-refractivity contribution in [2.75, 3.05) is 6.61 Å². The lowest BCUT2D eigenvalue weighted by Crippen LogP contribution is -2.26. The van der Waals surface area contributed by atoms with Crippen LogP contribution in [0.25, 0.3) is 6.08 Å². The van der Waals surface area contributed by atoms with E-state index in [4.69, 9.17) is 9.47 Å². The van der Waals surface area contributed by atoms with E-state index in [2.05, 4.69) is 21.2 Å². The molecule has 28 heavy (non-hydrogen) atoms. The lowest BCUT2D eigenvalue weighted by Gasteiger charge is -2.15. The minimum atomic E-state index is -0.344. The van der Waals surface area contributed by atoms with Gasteiger partial charge in [0.2, 0.25) is 0 Å². The first-order valence-electron chi connectivity index (χ1n) is 9.16. The van der Waals surface area contributed by atoms with Crippen molar-refractivity contribution in [3.05, 3.63) is 63.6 Å². The van der Waals surface area contributed by atoms with E-state index in [0.717, 1.165) is 18.4 Å². The van der Waals surface area contributed by atoms with Crippen LogP contribution in [0.5, 0.6) is 11.5 Å². The van der Waals surface area contributed by atoms with E-state index in [1.807, 2.05) is 49.4 Å². The Morgan fingerprint density at radius 2 is 2.04 bits per heavy atom. The number of hydrogen-bond donors (Lipinski definition) is 1. The van der Waals surface area contributed by atoms with Gasteiger partial charge in [-0.15, -0.1) is 0 Å². The Hall–Kier alpha value is -2.78. The number of rotatable bonds is 8. The molecule has 1 saturated carbocycles. The average molecular weight is 441 g/mol. The number of benzene rings is 2. The third-order valence-corrected chi connectivity index (χ3v) is 4.74. The van der Waals surface area contributed by atoms with Gasteiger partial charge in [0, 0.05) is 6.04 Å². The minimum Gasteiger partial charge on any atom is -0.490 e. The summed E-state index contributed by atoms with van der Waals surface area (Å²) in [5.74, 6) is 0.797. The van der Waals surface area contributed by atoms with Gasteiger partial charge in [-0.3, -0.25) is 4.79 Å². The molecule has 1 amide bonds. The van der Waals surface area contributed by atoms with Gasteiger partial charge in [0.05, 0.1) is 11.1 Å². The number of nitrogens with zero attached hydrogens (tertiary/aromatic N) is 1. The molecule has 1 N–H and O–H groups in total. The van der Waals surface area contributed by atoms with E-state index >= 15 is 0 Å². The number of hydrogen-bond acceptors (Lipinski definition) is 4. The van der Waals surface area contributed by atoms with Crippen molar-refractivity contribution in [3.63, 3.8) is 0 Å². The second-order valence-corrected chi connectivity index (χ2v) is 7.31. The van der Waals surface area contributed by atoms with Gasteiger partial charge >= 0.3 is 0 Å². The highest BCUT2D eigenvalue weighted by atomic mass is 79.9. The summed E-state index contributed by atoms with van der Waals surface area (Å²) in [5, 5.41) is 12.2. The van der Waals surface area contributed by atoms with Gasteiger partial charge in [0.25, 0.3) is 5.91 Å². The highest BCUT2D eigenvalue weighted by Gasteiger charge is 2.24. The summed E-state index contributed by atoms with van der Waals surface area (Å²) in [5.41, 5.74) is 1.80. The SMILES string of the molecule is CCOc1cc(/C=C(\C#N)C(=O)NC2CC2)cc(Br)c1OCc1ccccc1. The summed E-state index contributed by atoms with van der Waals surface area (Å²) in [6, 6.07) is 15.6. The van der Waals surface area contributed by atoms with Crippen molar-refractivity contribution in [3.8, 4) is 17.6 Å². The zero-order chi connectivity index (χ0) is 19.9. The summed E-state index contributed by atoms with van der Waals surface area (Å²) < 4.78 is 12.4. The van der Waals surface area contributed by atoms with Crippen LogP contribution in [0.2, 0.25) is 0 Å². The molecule has 0 radical (unpaired) electrons. The predicted molar refractivity (Wildman–Crippen MR) is 111 cm³/mol. The van der Waals surface area contributed by atoms with E-state index in [1.54, 1.807) is 12.1 Å². The number of carbonyl (C=O) groups excluding carboxylic acids is 1. The highest BCUT2D eigenvalue weighted by Crippen LogP contribution is 2.38. The first-order chi connectivity index (χ1) is 13.6. The Labute approximate surface area is 173 Å². The standard InChI is InChI=1S/C22H21BrN2O3/c1-2-27-20-12-16(10-17(13-24)22(26)25-18-8-9-18)11-19(23)21(20)28-14-15-6-4-3-5-7-15/h3-7,10-12,18H,2,8-9,14H2,1H3,(H,25,26)/b17-10+. The maximum absolute atomic E-state index is 12.2. The van der Waals surface area contributed by atoms with Gasteiger partial charge < -0.3 is 14.8 Å². The first kappa shape index (κ1) is 20.0. The molecule has 0 aliphatic heterocycles. The molecule has 0 saturated heterocycles. The number of nitrogens with one attached hydrogen (secondary N) is 1. The number of ether oxygens (including phenoxy) is 2. The molecule has 0 bridgehead atoms. The largest absolute Gasteiger partial charge is 0.490 e. The number of nitriles is 1. The Bertz CT molecular complexity index is 915. The topological polar surface area (TPSA) is 71.3 Å². The van der Waals surface area contributed by atoms with E-state index in [-0.39, 0.29) is 17.5 Å². The number of amides is 1. The molecule has 0 heterocycles. The molecular weight excluding hydrogens is 420 g/mol. The molecule has 0 unspecified atom stereocenters. The maximum atomic E-state index is 12.2. The van der Waals surface area contributed by atoms with Crippen LogP contribution in [-0.2, 0) is 11.4 Å². The Morgan fingerprint density at radius 1 is 1.29 bits per heavy atom. The van der Waals surface area contributed by atoms with Gasteiger partial charge in [-0.25, -0.2) is 0 Å². The van der Waals surface area contributed by atoms with Gasteiger partial charge in [-0.05, 0) is 65.0 Å².